The van der Waals surface area contributed by atoms with Crippen molar-refractivity contribution in [1.29, 1.82) is 0 Å². The second-order valence-corrected chi connectivity index (χ2v) is 9.71. The number of aromatic nitrogens is 3. The maximum Gasteiger partial charge on any atom is 0.263 e. The summed E-state index contributed by atoms with van der Waals surface area (Å²) in [6, 6.07) is 13.4. The lowest BCUT2D eigenvalue weighted by Gasteiger charge is -2.11. The highest BCUT2D eigenvalue weighted by Crippen LogP contribution is 2.34. The van der Waals surface area contributed by atoms with Crippen molar-refractivity contribution in [3.8, 4) is 10.4 Å². The zero-order valence-corrected chi connectivity index (χ0v) is 19.5. The SMILES string of the molecule is CCn1c(SCC(=O)Nc2cccc3ncccc23)nc2scc(-c3cccs3)c2c1=O. The van der Waals surface area contributed by atoms with E-state index in [4.69, 9.17) is 4.98 Å². The first-order valence-corrected chi connectivity index (χ1v) is 12.7. The molecule has 0 aliphatic rings. The standard InChI is InChI=1S/C23H18N4O2S3/c1-2-27-22(29)20-15(18-9-5-11-30-18)12-31-21(20)26-23(27)32-13-19(28)25-17-8-3-7-16-14(17)6-4-10-24-16/h3-12H,2,13H2,1H3,(H,25,28). The molecule has 9 heteroatoms. The average molecular weight is 479 g/mol. The van der Waals surface area contributed by atoms with Crippen LogP contribution >= 0.6 is 34.4 Å². The third-order valence-electron chi connectivity index (χ3n) is 5.01. The second-order valence-electron chi connectivity index (χ2n) is 6.96. The summed E-state index contributed by atoms with van der Waals surface area (Å²) in [6.45, 7) is 2.40. The molecule has 0 spiro atoms. The fourth-order valence-electron chi connectivity index (χ4n) is 3.54. The molecule has 4 aromatic heterocycles. The molecule has 5 rings (SSSR count). The minimum atomic E-state index is -0.159. The highest BCUT2D eigenvalue weighted by Gasteiger charge is 2.18. The summed E-state index contributed by atoms with van der Waals surface area (Å²) in [5.74, 6) is -0.00796. The number of benzene rings is 1. The van der Waals surface area contributed by atoms with E-state index < -0.39 is 0 Å². The molecule has 160 valence electrons. The Morgan fingerprint density at radius 2 is 2.06 bits per heavy atom. The first kappa shape index (κ1) is 20.9. The minimum Gasteiger partial charge on any atom is -0.325 e. The summed E-state index contributed by atoms with van der Waals surface area (Å²) in [4.78, 5) is 36.7. The molecular formula is C23H18N4O2S3. The molecule has 4 heterocycles. The van der Waals surface area contributed by atoms with Crippen LogP contribution in [0.4, 0.5) is 5.69 Å². The van der Waals surface area contributed by atoms with Gasteiger partial charge in [-0.15, -0.1) is 22.7 Å². The molecule has 1 amide bonds. The number of carbonyl (C=O) groups is 1. The van der Waals surface area contributed by atoms with E-state index in [1.807, 2.05) is 60.1 Å². The fraction of sp³-hybridized carbons (Fsp3) is 0.130. The van der Waals surface area contributed by atoms with Gasteiger partial charge in [0.25, 0.3) is 5.56 Å². The molecule has 0 aliphatic carbocycles. The molecule has 0 aliphatic heterocycles. The maximum absolute atomic E-state index is 13.3. The van der Waals surface area contributed by atoms with Crippen LogP contribution in [0.1, 0.15) is 6.92 Å². The number of nitrogens with one attached hydrogen (secondary N) is 1. The predicted molar refractivity (Wildman–Crippen MR) is 134 cm³/mol. The largest absolute Gasteiger partial charge is 0.325 e. The van der Waals surface area contributed by atoms with Crippen molar-refractivity contribution in [2.45, 2.75) is 18.6 Å². The molecule has 0 fully saturated rings. The van der Waals surface area contributed by atoms with Gasteiger partial charge in [-0.25, -0.2) is 4.98 Å². The van der Waals surface area contributed by atoms with Gasteiger partial charge in [-0.2, -0.15) is 0 Å². The minimum absolute atomic E-state index is 0.0646. The predicted octanol–water partition coefficient (Wildman–Crippen LogP) is 5.49. The van der Waals surface area contributed by atoms with E-state index in [1.54, 1.807) is 22.1 Å². The summed E-state index contributed by atoms with van der Waals surface area (Å²) in [5, 5.41) is 9.03. The van der Waals surface area contributed by atoms with Crippen molar-refractivity contribution in [1.82, 2.24) is 14.5 Å². The van der Waals surface area contributed by atoms with E-state index in [0.717, 1.165) is 27.0 Å². The van der Waals surface area contributed by atoms with E-state index >= 15 is 0 Å². The number of thioether (sulfide) groups is 1. The van der Waals surface area contributed by atoms with Gasteiger partial charge < -0.3 is 5.32 Å². The Balaban J connectivity index is 1.40. The number of carbonyl (C=O) groups excluding carboxylic acids is 1. The van der Waals surface area contributed by atoms with Crippen molar-refractivity contribution >= 4 is 67.1 Å². The van der Waals surface area contributed by atoms with Gasteiger partial charge in [0.15, 0.2) is 5.16 Å². The monoisotopic (exact) mass is 478 g/mol. The van der Waals surface area contributed by atoms with Gasteiger partial charge in [0.05, 0.1) is 22.3 Å². The lowest BCUT2D eigenvalue weighted by Crippen LogP contribution is -2.23. The van der Waals surface area contributed by atoms with E-state index in [1.165, 1.54) is 23.1 Å². The molecular weight excluding hydrogens is 460 g/mol. The van der Waals surface area contributed by atoms with E-state index in [0.29, 0.717) is 21.9 Å². The van der Waals surface area contributed by atoms with E-state index in [2.05, 4.69) is 10.3 Å². The normalized spacial score (nSPS) is 11.3. The lowest BCUT2D eigenvalue weighted by atomic mass is 10.2. The molecule has 0 bridgehead atoms. The topological polar surface area (TPSA) is 76.9 Å². The van der Waals surface area contributed by atoms with E-state index in [9.17, 15) is 9.59 Å². The number of anilines is 1. The summed E-state index contributed by atoms with van der Waals surface area (Å²) in [6.07, 6.45) is 1.73. The molecule has 1 N–H and O–H groups in total. The van der Waals surface area contributed by atoms with Crippen molar-refractivity contribution in [2.75, 3.05) is 11.1 Å². The lowest BCUT2D eigenvalue weighted by molar-refractivity contribution is -0.113. The Morgan fingerprint density at radius 1 is 1.16 bits per heavy atom. The van der Waals surface area contributed by atoms with Crippen molar-refractivity contribution in [3.63, 3.8) is 0 Å². The Kier molecular flexibility index (Phi) is 5.77. The molecule has 0 radical (unpaired) electrons. The smallest absolute Gasteiger partial charge is 0.263 e. The average Bonchev–Trinajstić information content (AvgIpc) is 3.48. The quantitative estimate of drug-likeness (QED) is 0.258. The molecule has 32 heavy (non-hydrogen) atoms. The second kappa shape index (κ2) is 8.85. The Morgan fingerprint density at radius 3 is 2.88 bits per heavy atom. The van der Waals surface area contributed by atoms with Crippen LogP contribution in [0.15, 0.2) is 69.4 Å². The van der Waals surface area contributed by atoms with Crippen LogP contribution in [0, 0.1) is 0 Å². The van der Waals surface area contributed by atoms with Gasteiger partial charge in [0.1, 0.15) is 4.83 Å². The van der Waals surface area contributed by atoms with Crippen LogP contribution < -0.4 is 10.9 Å². The number of rotatable bonds is 6. The molecule has 6 nitrogen and oxygen atoms in total. The Bertz CT molecular complexity index is 1480. The number of thiophene rings is 2. The van der Waals surface area contributed by atoms with Gasteiger partial charge in [0.2, 0.25) is 5.91 Å². The van der Waals surface area contributed by atoms with Gasteiger partial charge in [-0.1, -0.05) is 23.9 Å². The summed E-state index contributed by atoms with van der Waals surface area (Å²) < 4.78 is 1.64. The van der Waals surface area contributed by atoms with Gasteiger partial charge >= 0.3 is 0 Å². The molecule has 0 saturated heterocycles. The number of amides is 1. The van der Waals surface area contributed by atoms with Crippen molar-refractivity contribution < 1.29 is 4.79 Å². The van der Waals surface area contributed by atoms with Crippen LogP contribution in [0.25, 0.3) is 31.6 Å². The van der Waals surface area contributed by atoms with E-state index in [-0.39, 0.29) is 17.2 Å². The van der Waals surface area contributed by atoms with Gasteiger partial charge in [-0.3, -0.25) is 19.1 Å². The van der Waals surface area contributed by atoms with Crippen molar-refractivity contribution in [2.24, 2.45) is 0 Å². The summed E-state index contributed by atoms with van der Waals surface area (Å²) in [5.41, 5.74) is 2.41. The van der Waals surface area contributed by atoms with Crippen molar-refractivity contribution in [3.05, 3.63) is 69.8 Å². The first-order chi connectivity index (χ1) is 15.7. The van der Waals surface area contributed by atoms with Crippen LogP contribution in [0.2, 0.25) is 0 Å². The third kappa shape index (κ3) is 3.83. The number of hydrogen-bond acceptors (Lipinski definition) is 7. The van der Waals surface area contributed by atoms with Crippen LogP contribution in [-0.2, 0) is 11.3 Å². The third-order valence-corrected chi connectivity index (χ3v) is 7.77. The molecule has 5 aromatic rings. The van der Waals surface area contributed by atoms with Gasteiger partial charge in [0, 0.05) is 33.9 Å². The molecule has 0 saturated carbocycles. The zero-order valence-electron chi connectivity index (χ0n) is 17.1. The number of fused-ring (bicyclic) bond motifs is 2. The zero-order chi connectivity index (χ0) is 22.1. The molecule has 0 atom stereocenters. The van der Waals surface area contributed by atoms with Gasteiger partial charge in [-0.05, 0) is 42.6 Å². The maximum atomic E-state index is 13.3. The summed E-state index contributed by atoms with van der Waals surface area (Å²) >= 11 is 4.34. The van der Waals surface area contributed by atoms with Crippen LogP contribution in [0.3, 0.4) is 0 Å². The number of pyridine rings is 1. The Labute approximate surface area is 196 Å². The highest BCUT2D eigenvalue weighted by atomic mass is 32.2. The fourth-order valence-corrected chi connectivity index (χ4v) is 6.20. The summed E-state index contributed by atoms with van der Waals surface area (Å²) in [7, 11) is 0. The molecule has 0 unspecified atom stereocenters. The van der Waals surface area contributed by atoms with Crippen LogP contribution in [0.5, 0.6) is 0 Å². The van der Waals surface area contributed by atoms with Crippen LogP contribution in [-0.4, -0.2) is 26.2 Å². The Hall–Kier alpha value is -3.01. The highest BCUT2D eigenvalue weighted by molar-refractivity contribution is 7.99. The number of nitrogens with zero attached hydrogens (tertiary/aromatic N) is 3. The first-order valence-electron chi connectivity index (χ1n) is 9.98. The number of hydrogen-bond donors (Lipinski definition) is 1. The molecule has 1 aromatic carbocycles.